The molecule has 3 rings (SSSR count). The third-order valence-corrected chi connectivity index (χ3v) is 5.21. The zero-order valence-corrected chi connectivity index (χ0v) is 13.0. The monoisotopic (exact) mass is 289 g/mol. The molecule has 21 heavy (non-hydrogen) atoms. The minimum atomic E-state index is -0.259. The van der Waals surface area contributed by atoms with Crippen LogP contribution in [-0.4, -0.2) is 25.4 Å². The average Bonchev–Trinajstić information content (AvgIpc) is 2.47. The van der Waals surface area contributed by atoms with Crippen molar-refractivity contribution in [2.24, 2.45) is 5.73 Å². The van der Waals surface area contributed by atoms with E-state index >= 15 is 0 Å². The molecule has 2 N–H and O–H groups in total. The van der Waals surface area contributed by atoms with E-state index in [0.29, 0.717) is 6.61 Å². The number of rotatable bonds is 5. The van der Waals surface area contributed by atoms with Crippen LogP contribution in [0.3, 0.4) is 0 Å². The summed E-state index contributed by atoms with van der Waals surface area (Å²) in [7, 11) is 0. The fourth-order valence-electron chi connectivity index (χ4n) is 3.57. The number of hydrogen-bond acceptors (Lipinski definition) is 3. The maximum atomic E-state index is 6.58. The molecule has 3 heteroatoms. The fourth-order valence-corrected chi connectivity index (χ4v) is 3.57. The van der Waals surface area contributed by atoms with Crippen LogP contribution >= 0.6 is 0 Å². The van der Waals surface area contributed by atoms with E-state index in [2.05, 4.69) is 24.3 Å². The van der Waals surface area contributed by atoms with Gasteiger partial charge in [0, 0.05) is 32.7 Å². The summed E-state index contributed by atoms with van der Waals surface area (Å²) in [5.74, 6) is 0.777. The van der Waals surface area contributed by atoms with Gasteiger partial charge in [-0.15, -0.1) is 0 Å². The summed E-state index contributed by atoms with van der Waals surface area (Å²) in [6.07, 6.45) is 5.81. The summed E-state index contributed by atoms with van der Waals surface area (Å²) in [6, 6.07) is 8.86. The Morgan fingerprint density at radius 3 is 2.43 bits per heavy atom. The molecule has 1 aromatic carbocycles. The first-order chi connectivity index (χ1) is 10.2. The quantitative estimate of drug-likeness (QED) is 0.901. The van der Waals surface area contributed by atoms with Crippen molar-refractivity contribution < 1.29 is 9.47 Å². The third kappa shape index (κ3) is 3.01. The van der Waals surface area contributed by atoms with Crippen LogP contribution in [0.4, 0.5) is 0 Å². The van der Waals surface area contributed by atoms with Gasteiger partial charge in [-0.3, -0.25) is 0 Å². The van der Waals surface area contributed by atoms with Crippen molar-refractivity contribution in [3.05, 3.63) is 35.4 Å². The summed E-state index contributed by atoms with van der Waals surface area (Å²) in [5, 5.41) is 0. The number of nitrogens with two attached hydrogens (primary N) is 1. The van der Waals surface area contributed by atoms with E-state index in [1.807, 2.05) is 6.92 Å². The van der Waals surface area contributed by atoms with Crippen LogP contribution in [0, 0.1) is 0 Å². The first-order valence-corrected chi connectivity index (χ1v) is 8.32. The average molecular weight is 289 g/mol. The first-order valence-electron chi connectivity index (χ1n) is 8.32. The Kier molecular flexibility index (Phi) is 4.63. The van der Waals surface area contributed by atoms with Crippen LogP contribution in [0.5, 0.6) is 0 Å². The molecule has 1 saturated carbocycles. The Bertz CT molecular complexity index is 441. The molecule has 1 heterocycles. The molecule has 2 fully saturated rings. The highest BCUT2D eigenvalue weighted by molar-refractivity contribution is 5.30. The van der Waals surface area contributed by atoms with Gasteiger partial charge in [0.15, 0.2) is 0 Å². The summed E-state index contributed by atoms with van der Waals surface area (Å²) in [4.78, 5) is 0. The molecule has 1 aliphatic carbocycles. The topological polar surface area (TPSA) is 44.5 Å². The SMILES string of the molecule is CCOC1(C(N)c2ccc(C3CCC3)cc2)CCOCC1. The molecule has 2 aliphatic rings. The van der Waals surface area contributed by atoms with Crippen molar-refractivity contribution in [3.8, 4) is 0 Å². The Balaban J connectivity index is 1.76. The van der Waals surface area contributed by atoms with Crippen LogP contribution in [-0.2, 0) is 9.47 Å². The van der Waals surface area contributed by atoms with Crippen LogP contribution in [0.15, 0.2) is 24.3 Å². The van der Waals surface area contributed by atoms with E-state index in [1.165, 1.54) is 30.4 Å². The molecule has 0 radical (unpaired) electrons. The van der Waals surface area contributed by atoms with Crippen molar-refractivity contribution in [1.29, 1.82) is 0 Å². The summed E-state index contributed by atoms with van der Waals surface area (Å²) >= 11 is 0. The van der Waals surface area contributed by atoms with E-state index in [9.17, 15) is 0 Å². The van der Waals surface area contributed by atoms with Gasteiger partial charge >= 0.3 is 0 Å². The lowest BCUT2D eigenvalue weighted by Gasteiger charge is -2.41. The highest BCUT2D eigenvalue weighted by atomic mass is 16.5. The minimum absolute atomic E-state index is 0.0724. The minimum Gasteiger partial charge on any atom is -0.381 e. The van der Waals surface area contributed by atoms with Crippen LogP contribution < -0.4 is 5.73 Å². The van der Waals surface area contributed by atoms with Crippen molar-refractivity contribution >= 4 is 0 Å². The summed E-state index contributed by atoms with van der Waals surface area (Å²) < 4.78 is 11.6. The molecule has 116 valence electrons. The van der Waals surface area contributed by atoms with Crippen molar-refractivity contribution in [1.82, 2.24) is 0 Å². The number of benzene rings is 1. The second-order valence-corrected chi connectivity index (χ2v) is 6.38. The molecule has 3 nitrogen and oxygen atoms in total. The van der Waals surface area contributed by atoms with Gasteiger partial charge in [0.05, 0.1) is 11.6 Å². The summed E-state index contributed by atoms with van der Waals surface area (Å²) in [6.45, 7) is 4.24. The molecule has 0 spiro atoms. The lowest BCUT2D eigenvalue weighted by molar-refractivity contribution is -0.121. The van der Waals surface area contributed by atoms with Gasteiger partial charge in [0.25, 0.3) is 0 Å². The predicted molar refractivity (Wildman–Crippen MR) is 84.4 cm³/mol. The molecule has 0 amide bonds. The van der Waals surface area contributed by atoms with Gasteiger partial charge in [0.2, 0.25) is 0 Å². The van der Waals surface area contributed by atoms with Crippen molar-refractivity contribution in [2.75, 3.05) is 19.8 Å². The molecule has 0 bridgehead atoms. The van der Waals surface area contributed by atoms with E-state index in [0.717, 1.165) is 32.0 Å². The van der Waals surface area contributed by atoms with Gasteiger partial charge in [-0.05, 0) is 36.8 Å². The number of hydrogen-bond donors (Lipinski definition) is 1. The Morgan fingerprint density at radius 1 is 1.24 bits per heavy atom. The zero-order valence-electron chi connectivity index (χ0n) is 13.0. The Morgan fingerprint density at radius 2 is 1.90 bits per heavy atom. The van der Waals surface area contributed by atoms with Crippen molar-refractivity contribution in [2.45, 2.75) is 56.6 Å². The summed E-state index contributed by atoms with van der Waals surface area (Å²) in [5.41, 5.74) is 8.98. The first kappa shape index (κ1) is 15.0. The van der Waals surface area contributed by atoms with E-state index in [1.54, 1.807) is 0 Å². The molecule has 1 atom stereocenters. The van der Waals surface area contributed by atoms with Gasteiger partial charge in [-0.2, -0.15) is 0 Å². The van der Waals surface area contributed by atoms with E-state index < -0.39 is 0 Å². The normalized spacial score (nSPS) is 23.5. The molecule has 1 saturated heterocycles. The molecule has 1 unspecified atom stereocenters. The number of ether oxygens (including phenoxy) is 2. The Labute approximate surface area is 127 Å². The highest BCUT2D eigenvalue weighted by Crippen LogP contribution is 2.39. The van der Waals surface area contributed by atoms with Crippen LogP contribution in [0.2, 0.25) is 0 Å². The van der Waals surface area contributed by atoms with Gasteiger partial charge in [-0.1, -0.05) is 30.7 Å². The molecular weight excluding hydrogens is 262 g/mol. The van der Waals surface area contributed by atoms with Gasteiger partial charge in [0.1, 0.15) is 0 Å². The highest BCUT2D eigenvalue weighted by Gasteiger charge is 2.40. The molecule has 1 aromatic rings. The zero-order chi connectivity index (χ0) is 14.7. The lowest BCUT2D eigenvalue weighted by atomic mass is 9.78. The largest absolute Gasteiger partial charge is 0.381 e. The standard InChI is InChI=1S/C18H27NO2/c1-2-21-18(10-12-20-13-11-18)17(19)16-8-6-15(7-9-16)14-4-3-5-14/h6-9,14,17H,2-5,10-13,19H2,1H3. The van der Waals surface area contributed by atoms with E-state index in [-0.39, 0.29) is 11.6 Å². The van der Waals surface area contributed by atoms with Gasteiger partial charge in [-0.25, -0.2) is 0 Å². The fraction of sp³-hybridized carbons (Fsp3) is 0.667. The van der Waals surface area contributed by atoms with Crippen molar-refractivity contribution in [3.63, 3.8) is 0 Å². The second-order valence-electron chi connectivity index (χ2n) is 6.38. The lowest BCUT2D eigenvalue weighted by Crippen LogP contribution is -2.48. The van der Waals surface area contributed by atoms with Crippen LogP contribution in [0.25, 0.3) is 0 Å². The maximum Gasteiger partial charge on any atom is 0.0917 e. The van der Waals surface area contributed by atoms with Gasteiger partial charge < -0.3 is 15.2 Å². The molecule has 0 aromatic heterocycles. The second kappa shape index (κ2) is 6.47. The predicted octanol–water partition coefficient (Wildman–Crippen LogP) is 3.54. The smallest absolute Gasteiger partial charge is 0.0917 e. The van der Waals surface area contributed by atoms with E-state index in [4.69, 9.17) is 15.2 Å². The third-order valence-electron chi connectivity index (χ3n) is 5.21. The molecular formula is C18H27NO2. The Hall–Kier alpha value is -0.900. The van der Waals surface area contributed by atoms with Crippen LogP contribution in [0.1, 0.15) is 62.1 Å². The maximum absolute atomic E-state index is 6.58. The molecule has 1 aliphatic heterocycles.